The highest BCUT2D eigenvalue weighted by atomic mass is 32.2. The number of aryl methyl sites for hydroxylation is 1. The topological polar surface area (TPSA) is 17.8 Å². The van der Waals surface area contributed by atoms with Crippen LogP contribution >= 0.6 is 23.1 Å². The van der Waals surface area contributed by atoms with E-state index < -0.39 is 0 Å². The van der Waals surface area contributed by atoms with E-state index in [0.717, 1.165) is 23.5 Å². The van der Waals surface area contributed by atoms with Gasteiger partial charge in [-0.05, 0) is 76.0 Å². The number of aromatic nitrogens is 2. The lowest BCUT2D eigenvalue weighted by atomic mass is 9.87. The highest BCUT2D eigenvalue weighted by molar-refractivity contribution is 8.00. The fraction of sp³-hybridized carbons (Fsp3) is 0.103. The van der Waals surface area contributed by atoms with Crippen LogP contribution in [0.15, 0.2) is 108 Å². The summed E-state index contributed by atoms with van der Waals surface area (Å²) in [6, 6.07) is 35.9. The summed E-state index contributed by atoms with van der Waals surface area (Å²) in [5, 5.41) is 9.32. The van der Waals surface area contributed by atoms with Crippen LogP contribution in [0, 0.1) is 0 Å². The fourth-order valence-electron chi connectivity index (χ4n) is 7.42. The Balaban J connectivity index is 1.33. The van der Waals surface area contributed by atoms with Gasteiger partial charge in [0.05, 0.1) is 22.4 Å². The number of hydrogen-bond donors (Lipinski definition) is 0. The molecule has 1 aliphatic heterocycles. The molecule has 0 spiro atoms. The van der Waals surface area contributed by atoms with Gasteiger partial charge in [-0.25, -0.2) is 4.98 Å². The first-order valence-corrected chi connectivity index (χ1v) is 16.7. The van der Waals surface area contributed by atoms with E-state index in [1.807, 2.05) is 23.1 Å². The molecule has 7 aromatic rings. The predicted octanol–water partition coefficient (Wildman–Crippen LogP) is 8.85. The average Bonchev–Trinajstić information content (AvgIpc) is 3.73. The third kappa shape index (κ3) is 3.51. The van der Waals surface area contributed by atoms with E-state index in [4.69, 9.17) is 4.98 Å². The van der Waals surface area contributed by atoms with Gasteiger partial charge >= 0.3 is 0 Å². The molecule has 0 radical (unpaired) electrons. The Labute approximate surface area is 257 Å². The Kier molecular flexibility index (Phi) is 5.08. The van der Waals surface area contributed by atoms with Crippen molar-refractivity contribution in [2.75, 3.05) is 0 Å². The SMILES string of the molecule is C1=Cc2nc(-c3c(-n4c5ccccc5c5cc6ccccc6cc54)ccc4c3C3C=c5ccccc5=CC3S4)sc2CC1. The van der Waals surface area contributed by atoms with E-state index >= 15 is 0 Å². The maximum atomic E-state index is 5.35. The van der Waals surface area contributed by atoms with Gasteiger partial charge < -0.3 is 4.57 Å². The smallest absolute Gasteiger partial charge is 0.126 e. The Hall–Kier alpha value is -4.38. The lowest BCUT2D eigenvalue weighted by molar-refractivity contribution is 0.943. The third-order valence-electron chi connectivity index (χ3n) is 9.37. The Morgan fingerprint density at radius 2 is 1.53 bits per heavy atom. The Morgan fingerprint density at radius 1 is 0.744 bits per heavy atom. The van der Waals surface area contributed by atoms with Gasteiger partial charge in [-0.3, -0.25) is 0 Å². The molecule has 4 heteroatoms. The van der Waals surface area contributed by atoms with E-state index in [-0.39, 0.29) is 0 Å². The number of thioether (sulfide) groups is 1. The summed E-state index contributed by atoms with van der Waals surface area (Å²) in [4.78, 5) is 8.13. The minimum Gasteiger partial charge on any atom is -0.308 e. The predicted molar refractivity (Wildman–Crippen MR) is 184 cm³/mol. The second-order valence-electron chi connectivity index (χ2n) is 11.8. The number of allylic oxidation sites excluding steroid dienone is 1. The summed E-state index contributed by atoms with van der Waals surface area (Å²) in [6.07, 6.45) is 11.7. The first kappa shape index (κ1) is 24.1. The second-order valence-corrected chi connectivity index (χ2v) is 14.1. The zero-order valence-electron chi connectivity index (χ0n) is 23.3. The molecular formula is C39H26N2S2. The molecule has 0 saturated carbocycles. The van der Waals surface area contributed by atoms with Crippen molar-refractivity contribution in [1.82, 2.24) is 9.55 Å². The highest BCUT2D eigenvalue weighted by Crippen LogP contribution is 2.54. The molecule has 0 fully saturated rings. The van der Waals surface area contributed by atoms with E-state index in [2.05, 4.69) is 126 Å². The van der Waals surface area contributed by atoms with Crippen LogP contribution in [-0.2, 0) is 6.42 Å². The molecule has 3 heterocycles. The Morgan fingerprint density at radius 3 is 2.42 bits per heavy atom. The van der Waals surface area contributed by atoms with Gasteiger partial charge in [-0.15, -0.1) is 23.1 Å². The largest absolute Gasteiger partial charge is 0.308 e. The monoisotopic (exact) mass is 586 g/mol. The first-order valence-electron chi connectivity index (χ1n) is 15.0. The van der Waals surface area contributed by atoms with Crippen molar-refractivity contribution in [3.63, 3.8) is 0 Å². The second kappa shape index (κ2) is 9.06. The molecule has 5 aromatic carbocycles. The van der Waals surface area contributed by atoms with Gasteiger partial charge in [0.1, 0.15) is 5.01 Å². The number of rotatable bonds is 2. The van der Waals surface area contributed by atoms with Gasteiger partial charge in [0.15, 0.2) is 0 Å². The summed E-state index contributed by atoms with van der Waals surface area (Å²) < 4.78 is 2.52. The van der Waals surface area contributed by atoms with Crippen LogP contribution in [0.1, 0.15) is 28.5 Å². The first-order chi connectivity index (χ1) is 21.3. The normalized spacial score (nSPS) is 18.2. The number of benzene rings is 5. The van der Waals surface area contributed by atoms with Crippen LogP contribution in [0.4, 0.5) is 0 Å². The average molecular weight is 587 g/mol. The third-order valence-corrected chi connectivity index (χ3v) is 11.8. The summed E-state index contributed by atoms with van der Waals surface area (Å²) in [7, 11) is 0. The molecule has 10 rings (SSSR count). The molecule has 2 nitrogen and oxygen atoms in total. The molecule has 0 saturated heterocycles. The number of thiazole rings is 1. The van der Waals surface area contributed by atoms with Crippen molar-refractivity contribution in [3.05, 3.63) is 130 Å². The highest BCUT2D eigenvalue weighted by Gasteiger charge is 2.37. The molecule has 2 atom stereocenters. The van der Waals surface area contributed by atoms with Crippen LogP contribution in [0.25, 0.3) is 67.1 Å². The number of hydrogen-bond acceptors (Lipinski definition) is 3. The van der Waals surface area contributed by atoms with E-state index in [1.54, 1.807) is 0 Å². The molecule has 43 heavy (non-hydrogen) atoms. The molecule has 204 valence electrons. The minimum atomic E-state index is 0.301. The summed E-state index contributed by atoms with van der Waals surface area (Å²) >= 11 is 3.90. The van der Waals surface area contributed by atoms with Crippen molar-refractivity contribution in [1.29, 1.82) is 0 Å². The maximum absolute atomic E-state index is 5.35. The van der Waals surface area contributed by atoms with Gasteiger partial charge in [-0.1, -0.05) is 85.0 Å². The van der Waals surface area contributed by atoms with Gasteiger partial charge in [0.2, 0.25) is 0 Å². The van der Waals surface area contributed by atoms with Gasteiger partial charge in [0.25, 0.3) is 0 Å². The molecule has 0 N–H and O–H groups in total. The van der Waals surface area contributed by atoms with Crippen molar-refractivity contribution < 1.29 is 0 Å². The number of fused-ring (bicyclic) bond motifs is 9. The number of para-hydroxylation sites is 1. The molecular weight excluding hydrogens is 561 g/mol. The van der Waals surface area contributed by atoms with Crippen molar-refractivity contribution >= 4 is 73.9 Å². The quantitative estimate of drug-likeness (QED) is 0.201. The number of nitrogens with zero attached hydrogens (tertiary/aromatic N) is 2. The van der Waals surface area contributed by atoms with Crippen LogP contribution in [0.2, 0.25) is 0 Å². The maximum Gasteiger partial charge on any atom is 0.126 e. The Bertz CT molecular complexity index is 2460. The minimum absolute atomic E-state index is 0.301. The van der Waals surface area contributed by atoms with Crippen molar-refractivity contribution in [2.24, 2.45) is 0 Å². The zero-order chi connectivity index (χ0) is 28.1. The summed E-state index contributed by atoms with van der Waals surface area (Å²) in [5.41, 5.74) is 7.58. The molecule has 0 bridgehead atoms. The van der Waals surface area contributed by atoms with Gasteiger partial charge in [0, 0.05) is 37.3 Å². The van der Waals surface area contributed by atoms with E-state index in [9.17, 15) is 0 Å². The molecule has 3 aliphatic rings. The van der Waals surface area contributed by atoms with Crippen LogP contribution in [-0.4, -0.2) is 14.8 Å². The molecule has 2 aliphatic carbocycles. The summed E-state index contributed by atoms with van der Waals surface area (Å²) in [6.45, 7) is 0. The summed E-state index contributed by atoms with van der Waals surface area (Å²) in [5.74, 6) is 0.301. The lowest BCUT2D eigenvalue weighted by Gasteiger charge is -2.21. The van der Waals surface area contributed by atoms with Crippen LogP contribution in [0.3, 0.4) is 0 Å². The van der Waals surface area contributed by atoms with Crippen molar-refractivity contribution in [2.45, 2.75) is 28.9 Å². The van der Waals surface area contributed by atoms with Crippen LogP contribution < -0.4 is 10.4 Å². The standard InChI is InChI=1S/C39H26N2S2/c1-3-11-25-21-33-28(19-23(25)9-1)27-13-5-7-15-31(27)41(33)32-17-18-35-37(38(32)39-40-30-14-6-8-16-34(30)43-39)29-20-24-10-2-4-12-26(24)22-36(29)42-35/h1-7,9-15,17-22,29,36H,8,16H2. The molecule has 2 unspecified atom stereocenters. The molecule has 0 amide bonds. The van der Waals surface area contributed by atoms with E-state index in [1.165, 1.54) is 69.6 Å². The van der Waals surface area contributed by atoms with Gasteiger partial charge in [-0.2, -0.15) is 0 Å². The molecule has 2 aromatic heterocycles. The van der Waals surface area contributed by atoms with E-state index in [0.29, 0.717) is 11.2 Å². The van der Waals surface area contributed by atoms with Crippen LogP contribution in [0.5, 0.6) is 0 Å². The zero-order valence-corrected chi connectivity index (χ0v) is 25.0. The van der Waals surface area contributed by atoms with Crippen molar-refractivity contribution in [3.8, 4) is 16.3 Å². The fourth-order valence-corrected chi connectivity index (χ4v) is 9.94. The lowest BCUT2D eigenvalue weighted by Crippen LogP contribution is -2.31.